The van der Waals surface area contributed by atoms with Gasteiger partial charge in [0, 0.05) is 5.56 Å². The van der Waals surface area contributed by atoms with Crippen LogP contribution in [0.3, 0.4) is 0 Å². The van der Waals surface area contributed by atoms with E-state index >= 15 is 0 Å². The van der Waals surface area contributed by atoms with Crippen molar-refractivity contribution in [2.24, 2.45) is 0 Å². The summed E-state index contributed by atoms with van der Waals surface area (Å²) in [6, 6.07) is 68.6. The Morgan fingerprint density at radius 1 is 0.413 bits per heavy atom. The van der Waals surface area contributed by atoms with Crippen LogP contribution in [0.15, 0.2) is 194 Å². The van der Waals surface area contributed by atoms with Gasteiger partial charge in [-0.15, -0.1) is 0 Å². The highest BCUT2D eigenvalue weighted by Gasteiger charge is 2.31. The molecule has 0 aromatic heterocycles. The molecule has 7 aromatic rings. The van der Waals surface area contributed by atoms with Crippen LogP contribution < -0.4 is 31.9 Å². The Balaban J connectivity index is 0.000000164. The summed E-state index contributed by atoms with van der Waals surface area (Å²) in [5.41, 5.74) is 6.71. The molecule has 0 saturated carbocycles. The van der Waals surface area contributed by atoms with Gasteiger partial charge in [0.25, 0.3) is 0 Å². The van der Waals surface area contributed by atoms with E-state index in [1.54, 1.807) is 0 Å². The molecule has 0 unspecified atom stereocenters. The van der Waals surface area contributed by atoms with Gasteiger partial charge in [-0.05, 0) is 22.9 Å². The van der Waals surface area contributed by atoms with Crippen molar-refractivity contribution >= 4 is 38.8 Å². The first-order valence-electron chi connectivity index (χ1n) is 16.2. The van der Waals surface area contributed by atoms with E-state index < -0.39 is 6.15 Å². The first-order valence-corrected chi connectivity index (χ1v) is 16.2. The average molecular weight is 598 g/mol. The molecule has 7 rings (SSSR count). The third kappa shape index (κ3) is 7.29. The molecule has 2 nitrogen and oxygen atoms in total. The fourth-order valence-electron chi connectivity index (χ4n) is 6.52. The van der Waals surface area contributed by atoms with Crippen molar-refractivity contribution in [1.82, 2.24) is 0 Å². The SMILES string of the molecule is c1ccc(C[NH2+]CCOc2ccc3ccccc3c2)cc1.c1ccc([B-](c2ccccc2)(c2ccccc2)c2ccccc2)cc1. The topological polar surface area (TPSA) is 25.8 Å². The van der Waals surface area contributed by atoms with E-state index in [0.717, 1.165) is 25.4 Å². The summed E-state index contributed by atoms with van der Waals surface area (Å²) in [5, 5.41) is 4.75. The molecule has 2 N–H and O–H groups in total. The number of benzene rings is 7. The van der Waals surface area contributed by atoms with Crippen LogP contribution in [-0.4, -0.2) is 19.3 Å². The van der Waals surface area contributed by atoms with Gasteiger partial charge in [-0.1, -0.05) is 182 Å². The Bertz CT molecular complexity index is 1730. The van der Waals surface area contributed by atoms with Gasteiger partial charge >= 0.3 is 0 Å². The summed E-state index contributed by atoms with van der Waals surface area (Å²) in [4.78, 5) is 0. The van der Waals surface area contributed by atoms with Crippen LogP contribution in [0.4, 0.5) is 0 Å². The lowest BCUT2D eigenvalue weighted by molar-refractivity contribution is -0.671. The van der Waals surface area contributed by atoms with Crippen LogP contribution >= 0.6 is 0 Å². The van der Waals surface area contributed by atoms with E-state index in [4.69, 9.17) is 4.74 Å². The van der Waals surface area contributed by atoms with Gasteiger partial charge in [-0.25, -0.2) is 0 Å². The summed E-state index contributed by atoms with van der Waals surface area (Å²) in [6.45, 7) is 2.69. The van der Waals surface area contributed by atoms with Crippen molar-refractivity contribution in [2.75, 3.05) is 13.2 Å². The second-order valence-corrected chi connectivity index (χ2v) is 11.6. The predicted molar refractivity (Wildman–Crippen MR) is 196 cm³/mol. The Morgan fingerprint density at radius 3 is 1.30 bits per heavy atom. The van der Waals surface area contributed by atoms with Crippen molar-refractivity contribution in [3.63, 3.8) is 0 Å². The third-order valence-corrected chi connectivity index (χ3v) is 8.73. The minimum Gasteiger partial charge on any atom is -0.488 e. The average Bonchev–Trinajstić information content (AvgIpc) is 3.14. The van der Waals surface area contributed by atoms with Gasteiger partial charge < -0.3 is 10.1 Å². The number of quaternary nitrogens is 1. The van der Waals surface area contributed by atoms with Crippen LogP contribution in [0.25, 0.3) is 10.8 Å². The number of nitrogens with two attached hydrogens (primary N) is 1. The first-order chi connectivity index (χ1) is 22.8. The van der Waals surface area contributed by atoms with Crippen LogP contribution in [0.2, 0.25) is 0 Å². The molecule has 0 heterocycles. The summed E-state index contributed by atoms with van der Waals surface area (Å²) in [7, 11) is 0. The monoisotopic (exact) mass is 597 g/mol. The van der Waals surface area contributed by atoms with E-state index in [9.17, 15) is 0 Å². The normalized spacial score (nSPS) is 11.0. The van der Waals surface area contributed by atoms with Crippen molar-refractivity contribution in [1.29, 1.82) is 0 Å². The number of ether oxygens (including phenoxy) is 1. The maximum atomic E-state index is 5.82. The molecule has 3 heteroatoms. The number of fused-ring (bicyclic) bond motifs is 1. The molecule has 0 aliphatic heterocycles. The van der Waals surface area contributed by atoms with Crippen LogP contribution in [0.5, 0.6) is 5.75 Å². The fraction of sp³-hybridized carbons (Fsp3) is 0.0698. The minimum absolute atomic E-state index is 0.727. The molecule has 46 heavy (non-hydrogen) atoms. The Labute approximate surface area is 273 Å². The quantitative estimate of drug-likeness (QED) is 0.151. The summed E-state index contributed by atoms with van der Waals surface area (Å²) >= 11 is 0. The molecule has 0 bridgehead atoms. The van der Waals surface area contributed by atoms with Crippen LogP contribution in [0, 0.1) is 0 Å². The molecule has 0 fully saturated rings. The molecule has 0 aliphatic rings. The molecule has 0 atom stereocenters. The molecular weight excluding hydrogens is 557 g/mol. The zero-order chi connectivity index (χ0) is 31.3. The predicted octanol–water partition coefficient (Wildman–Crippen LogP) is 6.05. The largest absolute Gasteiger partial charge is 0.488 e. The van der Waals surface area contributed by atoms with Gasteiger partial charge in [-0.2, -0.15) is 21.9 Å². The lowest BCUT2D eigenvalue weighted by atomic mass is 9.13. The summed E-state index contributed by atoms with van der Waals surface area (Å²) < 4.78 is 5.82. The van der Waals surface area contributed by atoms with Gasteiger partial charge in [0.05, 0.1) is 0 Å². The first kappa shape index (κ1) is 30.6. The highest BCUT2D eigenvalue weighted by molar-refractivity contribution is 7.19. The maximum Gasteiger partial charge on any atom is 0.137 e. The van der Waals surface area contributed by atoms with Crippen molar-refractivity contribution in [3.8, 4) is 5.75 Å². The molecule has 226 valence electrons. The lowest BCUT2D eigenvalue weighted by Crippen LogP contribution is -2.83. The molecule has 0 aliphatic carbocycles. The Kier molecular flexibility index (Phi) is 10.4. The van der Waals surface area contributed by atoms with Gasteiger partial charge in [-0.3, -0.25) is 0 Å². The molecule has 0 saturated heterocycles. The molecular formula is C43H40BNO. The zero-order valence-corrected chi connectivity index (χ0v) is 26.2. The van der Waals surface area contributed by atoms with E-state index in [0.29, 0.717) is 0 Å². The summed E-state index contributed by atoms with van der Waals surface area (Å²) in [5.74, 6) is 0.946. The number of hydrogen-bond acceptors (Lipinski definition) is 1. The maximum absolute atomic E-state index is 5.82. The van der Waals surface area contributed by atoms with Gasteiger partial charge in [0.2, 0.25) is 0 Å². The molecule has 0 radical (unpaired) electrons. The molecule has 0 amide bonds. The van der Waals surface area contributed by atoms with Crippen molar-refractivity contribution < 1.29 is 10.1 Å². The van der Waals surface area contributed by atoms with E-state index in [-0.39, 0.29) is 0 Å². The Hall–Kier alpha value is -5.38. The second kappa shape index (κ2) is 15.6. The number of rotatable bonds is 10. The zero-order valence-electron chi connectivity index (χ0n) is 26.2. The fourth-order valence-corrected chi connectivity index (χ4v) is 6.52. The number of hydrogen-bond donors (Lipinski definition) is 1. The van der Waals surface area contributed by atoms with Crippen LogP contribution in [-0.2, 0) is 6.54 Å². The highest BCUT2D eigenvalue weighted by atomic mass is 16.5. The minimum atomic E-state index is -1.22. The molecule has 7 aromatic carbocycles. The lowest BCUT2D eigenvalue weighted by Gasteiger charge is -2.44. The van der Waals surface area contributed by atoms with Gasteiger partial charge in [0.1, 0.15) is 31.6 Å². The van der Waals surface area contributed by atoms with Crippen molar-refractivity contribution in [2.45, 2.75) is 6.54 Å². The smallest absolute Gasteiger partial charge is 0.137 e. The van der Waals surface area contributed by atoms with E-state index in [1.807, 2.05) is 12.1 Å². The standard InChI is InChI=1S/C24H20B.C19H19NO/c1-5-13-21(14-6-1)25(22-15-7-2-8-16-22,23-17-9-3-10-18-23)24-19-11-4-12-20-24;1-2-6-16(7-3-1)15-20-12-13-21-19-11-10-17-8-4-5-9-18(17)14-19/h1-20H;1-11,14,20H,12-13,15H2/q-1;/p+1. The van der Waals surface area contributed by atoms with Crippen LogP contribution in [0.1, 0.15) is 5.56 Å². The molecule has 0 spiro atoms. The third-order valence-electron chi connectivity index (χ3n) is 8.73. The van der Waals surface area contributed by atoms with E-state index in [2.05, 4.69) is 187 Å². The Morgan fingerprint density at radius 2 is 0.826 bits per heavy atom. The second-order valence-electron chi connectivity index (χ2n) is 11.6. The summed E-state index contributed by atoms with van der Waals surface area (Å²) in [6.07, 6.45) is -1.22. The van der Waals surface area contributed by atoms with Gasteiger partial charge in [0.15, 0.2) is 0 Å². The van der Waals surface area contributed by atoms with Crippen molar-refractivity contribution in [3.05, 3.63) is 200 Å². The van der Waals surface area contributed by atoms with E-state index in [1.165, 1.54) is 38.2 Å². The highest BCUT2D eigenvalue weighted by Crippen LogP contribution is 2.20.